The van der Waals surface area contributed by atoms with Crippen molar-refractivity contribution in [2.75, 3.05) is 13.7 Å². The first-order valence-electron chi connectivity index (χ1n) is 5.69. The highest BCUT2D eigenvalue weighted by Crippen LogP contribution is 2.26. The third kappa shape index (κ3) is 4.54. The molecule has 16 heavy (non-hydrogen) atoms. The quantitative estimate of drug-likeness (QED) is 0.862. The number of rotatable bonds is 6. The van der Waals surface area contributed by atoms with Crippen LogP contribution in [-0.2, 0) is 6.54 Å². The van der Waals surface area contributed by atoms with Crippen LogP contribution in [0.25, 0.3) is 0 Å². The second kappa shape index (κ2) is 6.92. The number of nitrogens with one attached hydrogen (secondary N) is 1. The first-order chi connectivity index (χ1) is 7.63. The van der Waals surface area contributed by atoms with E-state index in [9.17, 15) is 0 Å². The molecule has 1 aromatic carbocycles. The van der Waals surface area contributed by atoms with Crippen LogP contribution in [0.3, 0.4) is 0 Å². The fourth-order valence-electron chi connectivity index (χ4n) is 1.38. The van der Waals surface area contributed by atoms with E-state index in [0.717, 1.165) is 29.8 Å². The van der Waals surface area contributed by atoms with E-state index in [0.29, 0.717) is 5.92 Å². The van der Waals surface area contributed by atoms with E-state index < -0.39 is 0 Å². The first kappa shape index (κ1) is 13.5. The standard InChI is InChI=1S/C13H20BrNO/c1-10(2)6-7-16-13-5-4-11(9-15-3)8-12(13)14/h4-5,8,10,15H,6-7,9H2,1-3H3. The number of benzene rings is 1. The molecule has 0 aromatic heterocycles. The Kier molecular flexibility index (Phi) is 5.85. The summed E-state index contributed by atoms with van der Waals surface area (Å²) in [5, 5.41) is 3.13. The van der Waals surface area contributed by atoms with Crippen LogP contribution in [0.15, 0.2) is 22.7 Å². The van der Waals surface area contributed by atoms with Gasteiger partial charge in [0.15, 0.2) is 0 Å². The molecule has 90 valence electrons. The molecule has 0 amide bonds. The maximum absolute atomic E-state index is 5.71. The van der Waals surface area contributed by atoms with Crippen LogP contribution in [0.2, 0.25) is 0 Å². The second-order valence-corrected chi connectivity index (χ2v) is 5.18. The molecular weight excluding hydrogens is 266 g/mol. The lowest BCUT2D eigenvalue weighted by Gasteiger charge is -2.10. The third-order valence-corrected chi connectivity index (χ3v) is 2.95. The average Bonchev–Trinajstić information content (AvgIpc) is 2.21. The van der Waals surface area contributed by atoms with Gasteiger partial charge < -0.3 is 10.1 Å². The maximum atomic E-state index is 5.71. The average molecular weight is 286 g/mol. The molecule has 0 aliphatic rings. The second-order valence-electron chi connectivity index (χ2n) is 4.33. The zero-order valence-corrected chi connectivity index (χ0v) is 11.8. The fraction of sp³-hybridized carbons (Fsp3) is 0.538. The predicted octanol–water partition coefficient (Wildman–Crippen LogP) is 3.59. The van der Waals surface area contributed by atoms with Gasteiger partial charge in [-0.1, -0.05) is 19.9 Å². The monoisotopic (exact) mass is 285 g/mol. The van der Waals surface area contributed by atoms with Crippen molar-refractivity contribution >= 4 is 15.9 Å². The lowest BCUT2D eigenvalue weighted by molar-refractivity contribution is 0.288. The molecule has 2 nitrogen and oxygen atoms in total. The summed E-state index contributed by atoms with van der Waals surface area (Å²) < 4.78 is 6.74. The van der Waals surface area contributed by atoms with E-state index in [4.69, 9.17) is 4.74 Å². The normalized spacial score (nSPS) is 10.8. The molecule has 0 bridgehead atoms. The van der Waals surface area contributed by atoms with Crippen LogP contribution in [0.4, 0.5) is 0 Å². The Morgan fingerprint density at radius 3 is 2.69 bits per heavy atom. The Balaban J connectivity index is 2.54. The van der Waals surface area contributed by atoms with E-state index >= 15 is 0 Å². The highest BCUT2D eigenvalue weighted by atomic mass is 79.9. The van der Waals surface area contributed by atoms with Gasteiger partial charge in [0.05, 0.1) is 11.1 Å². The number of ether oxygens (including phenoxy) is 1. The Hall–Kier alpha value is -0.540. The summed E-state index contributed by atoms with van der Waals surface area (Å²) in [5.41, 5.74) is 1.26. The Morgan fingerprint density at radius 2 is 2.12 bits per heavy atom. The minimum absolute atomic E-state index is 0.683. The van der Waals surface area contributed by atoms with Gasteiger partial charge in [-0.05, 0) is 53.0 Å². The number of hydrogen-bond acceptors (Lipinski definition) is 2. The predicted molar refractivity (Wildman–Crippen MR) is 71.9 cm³/mol. The van der Waals surface area contributed by atoms with Gasteiger partial charge in [0.25, 0.3) is 0 Å². The lowest BCUT2D eigenvalue weighted by atomic mass is 10.1. The van der Waals surface area contributed by atoms with Gasteiger partial charge in [0.2, 0.25) is 0 Å². The van der Waals surface area contributed by atoms with Gasteiger partial charge in [0.1, 0.15) is 5.75 Å². The van der Waals surface area contributed by atoms with Gasteiger partial charge >= 0.3 is 0 Å². The van der Waals surface area contributed by atoms with E-state index in [1.165, 1.54) is 5.56 Å². The molecule has 3 heteroatoms. The molecule has 0 unspecified atom stereocenters. The minimum Gasteiger partial charge on any atom is -0.492 e. The first-order valence-corrected chi connectivity index (χ1v) is 6.48. The fourth-order valence-corrected chi connectivity index (χ4v) is 1.92. The van der Waals surface area contributed by atoms with Crippen molar-refractivity contribution < 1.29 is 4.74 Å². The van der Waals surface area contributed by atoms with E-state index in [1.54, 1.807) is 0 Å². The molecule has 0 aliphatic carbocycles. The highest BCUT2D eigenvalue weighted by molar-refractivity contribution is 9.10. The van der Waals surface area contributed by atoms with E-state index in [-0.39, 0.29) is 0 Å². The van der Waals surface area contributed by atoms with Crippen LogP contribution in [0, 0.1) is 5.92 Å². The van der Waals surface area contributed by atoms with Crippen molar-refractivity contribution in [3.05, 3.63) is 28.2 Å². The van der Waals surface area contributed by atoms with Crippen LogP contribution in [-0.4, -0.2) is 13.7 Å². The Labute approximate surface area is 107 Å². The summed E-state index contributed by atoms with van der Waals surface area (Å²) in [5.74, 6) is 1.61. The molecule has 0 spiro atoms. The Bertz CT molecular complexity index is 326. The van der Waals surface area contributed by atoms with Crippen molar-refractivity contribution in [2.24, 2.45) is 5.92 Å². The maximum Gasteiger partial charge on any atom is 0.133 e. The summed E-state index contributed by atoms with van der Waals surface area (Å²) in [6, 6.07) is 6.21. The van der Waals surface area contributed by atoms with Gasteiger partial charge in [-0.25, -0.2) is 0 Å². The smallest absolute Gasteiger partial charge is 0.133 e. The van der Waals surface area contributed by atoms with Crippen LogP contribution in [0.1, 0.15) is 25.8 Å². The molecule has 1 aromatic rings. The molecule has 0 saturated carbocycles. The lowest BCUT2D eigenvalue weighted by Crippen LogP contribution is -2.05. The molecule has 0 heterocycles. The molecule has 0 radical (unpaired) electrons. The molecular formula is C13H20BrNO. The number of halogens is 1. The summed E-state index contributed by atoms with van der Waals surface area (Å²) in [4.78, 5) is 0. The van der Waals surface area contributed by atoms with Crippen molar-refractivity contribution in [3.63, 3.8) is 0 Å². The molecule has 0 atom stereocenters. The van der Waals surface area contributed by atoms with Crippen molar-refractivity contribution in [3.8, 4) is 5.75 Å². The topological polar surface area (TPSA) is 21.3 Å². The molecule has 1 N–H and O–H groups in total. The number of hydrogen-bond donors (Lipinski definition) is 1. The molecule has 1 rings (SSSR count). The SMILES string of the molecule is CNCc1ccc(OCCC(C)C)c(Br)c1. The summed E-state index contributed by atoms with van der Waals surface area (Å²) in [7, 11) is 1.95. The van der Waals surface area contributed by atoms with Crippen LogP contribution in [0.5, 0.6) is 5.75 Å². The summed E-state index contributed by atoms with van der Waals surface area (Å²) >= 11 is 3.53. The van der Waals surface area contributed by atoms with Gasteiger partial charge in [-0.15, -0.1) is 0 Å². The molecule has 0 fully saturated rings. The highest BCUT2D eigenvalue weighted by Gasteiger charge is 2.03. The van der Waals surface area contributed by atoms with Crippen LogP contribution < -0.4 is 10.1 Å². The van der Waals surface area contributed by atoms with E-state index in [2.05, 4.69) is 47.2 Å². The zero-order valence-electron chi connectivity index (χ0n) is 10.2. The van der Waals surface area contributed by atoms with Gasteiger partial charge in [-0.2, -0.15) is 0 Å². The van der Waals surface area contributed by atoms with Gasteiger partial charge in [-0.3, -0.25) is 0 Å². The van der Waals surface area contributed by atoms with Crippen molar-refractivity contribution in [1.29, 1.82) is 0 Å². The van der Waals surface area contributed by atoms with Gasteiger partial charge in [0, 0.05) is 6.54 Å². The third-order valence-electron chi connectivity index (χ3n) is 2.33. The summed E-state index contributed by atoms with van der Waals surface area (Å²) in [6.07, 6.45) is 1.09. The van der Waals surface area contributed by atoms with E-state index in [1.807, 2.05) is 13.1 Å². The largest absolute Gasteiger partial charge is 0.492 e. The Morgan fingerprint density at radius 1 is 1.38 bits per heavy atom. The van der Waals surface area contributed by atoms with Crippen molar-refractivity contribution in [2.45, 2.75) is 26.8 Å². The molecule has 0 saturated heterocycles. The van der Waals surface area contributed by atoms with Crippen molar-refractivity contribution in [1.82, 2.24) is 5.32 Å². The zero-order chi connectivity index (χ0) is 12.0. The molecule has 0 aliphatic heterocycles. The van der Waals surface area contributed by atoms with Crippen LogP contribution >= 0.6 is 15.9 Å². The minimum atomic E-state index is 0.683. The summed E-state index contributed by atoms with van der Waals surface area (Å²) in [6.45, 7) is 6.06.